The van der Waals surface area contributed by atoms with Crippen molar-refractivity contribution in [2.45, 2.75) is 6.61 Å². The predicted molar refractivity (Wildman–Crippen MR) is 77.1 cm³/mol. The molecule has 8 heteroatoms. The van der Waals surface area contributed by atoms with E-state index in [1.807, 2.05) is 0 Å². The molecule has 0 unspecified atom stereocenters. The highest BCUT2D eigenvalue weighted by molar-refractivity contribution is 5.48. The first kappa shape index (κ1) is 15.2. The standard InChI is InChI=1S/C14H12N2O6/c1-21-14-8-12(16(19)20)5-6-13(14)22-9-10-3-2-4-11(7-10)15(17)18/h2-8H,9H2,1H3. The molecule has 8 nitrogen and oxygen atoms in total. The monoisotopic (exact) mass is 304 g/mol. The smallest absolute Gasteiger partial charge is 0.273 e. The van der Waals surface area contributed by atoms with Gasteiger partial charge in [0.25, 0.3) is 11.4 Å². The summed E-state index contributed by atoms with van der Waals surface area (Å²) < 4.78 is 10.6. The Kier molecular flexibility index (Phi) is 4.52. The Hall–Kier alpha value is -3.16. The van der Waals surface area contributed by atoms with Crippen LogP contribution in [-0.4, -0.2) is 17.0 Å². The first-order valence-corrected chi connectivity index (χ1v) is 6.20. The van der Waals surface area contributed by atoms with Crippen molar-refractivity contribution in [2.24, 2.45) is 0 Å². The van der Waals surface area contributed by atoms with E-state index in [9.17, 15) is 20.2 Å². The highest BCUT2D eigenvalue weighted by atomic mass is 16.6. The number of nitro groups is 2. The summed E-state index contributed by atoms with van der Waals surface area (Å²) in [6.45, 7) is 0.0792. The van der Waals surface area contributed by atoms with Gasteiger partial charge in [0, 0.05) is 18.2 Å². The van der Waals surface area contributed by atoms with Crippen LogP contribution in [0.4, 0.5) is 11.4 Å². The molecule has 0 radical (unpaired) electrons. The summed E-state index contributed by atoms with van der Waals surface area (Å²) in [6, 6.07) is 10.0. The molecule has 2 aromatic carbocycles. The molecule has 0 spiro atoms. The van der Waals surface area contributed by atoms with E-state index in [0.717, 1.165) is 0 Å². The molecule has 0 saturated carbocycles. The van der Waals surface area contributed by atoms with Gasteiger partial charge in [-0.15, -0.1) is 0 Å². The maximum Gasteiger partial charge on any atom is 0.273 e. The lowest BCUT2D eigenvalue weighted by Crippen LogP contribution is -1.99. The fourth-order valence-corrected chi connectivity index (χ4v) is 1.81. The van der Waals surface area contributed by atoms with Gasteiger partial charge in [-0.2, -0.15) is 0 Å². The molecular weight excluding hydrogens is 292 g/mol. The summed E-state index contributed by atoms with van der Waals surface area (Å²) >= 11 is 0. The zero-order valence-electron chi connectivity index (χ0n) is 11.6. The van der Waals surface area contributed by atoms with Gasteiger partial charge in [-0.3, -0.25) is 20.2 Å². The minimum atomic E-state index is -0.535. The molecule has 2 aromatic rings. The third-order valence-electron chi connectivity index (χ3n) is 2.87. The van der Waals surface area contributed by atoms with Gasteiger partial charge in [-0.25, -0.2) is 0 Å². The van der Waals surface area contributed by atoms with Gasteiger partial charge in [0.05, 0.1) is 23.0 Å². The molecule has 0 saturated heterocycles. The van der Waals surface area contributed by atoms with E-state index in [0.29, 0.717) is 11.3 Å². The summed E-state index contributed by atoms with van der Waals surface area (Å²) in [7, 11) is 1.37. The molecule has 0 bridgehead atoms. The van der Waals surface area contributed by atoms with E-state index in [1.165, 1.54) is 37.4 Å². The fraction of sp³-hybridized carbons (Fsp3) is 0.143. The fourth-order valence-electron chi connectivity index (χ4n) is 1.81. The summed E-state index contributed by atoms with van der Waals surface area (Å²) in [6.07, 6.45) is 0. The van der Waals surface area contributed by atoms with Crippen molar-refractivity contribution in [3.63, 3.8) is 0 Å². The summed E-state index contributed by atoms with van der Waals surface area (Å²) in [5.41, 5.74) is 0.464. The average molecular weight is 304 g/mol. The van der Waals surface area contributed by atoms with Gasteiger partial charge in [-0.1, -0.05) is 12.1 Å². The number of hydrogen-bond acceptors (Lipinski definition) is 6. The van der Waals surface area contributed by atoms with Crippen LogP contribution < -0.4 is 9.47 Å². The number of ether oxygens (including phenoxy) is 2. The Morgan fingerprint density at radius 2 is 1.64 bits per heavy atom. The van der Waals surface area contributed by atoms with Crippen molar-refractivity contribution < 1.29 is 19.3 Å². The van der Waals surface area contributed by atoms with Crippen molar-refractivity contribution >= 4 is 11.4 Å². The Bertz CT molecular complexity index is 716. The Morgan fingerprint density at radius 3 is 2.27 bits per heavy atom. The second kappa shape index (κ2) is 6.53. The molecule has 22 heavy (non-hydrogen) atoms. The predicted octanol–water partition coefficient (Wildman–Crippen LogP) is 3.09. The Balaban J connectivity index is 2.16. The van der Waals surface area contributed by atoms with Gasteiger partial charge >= 0.3 is 0 Å². The van der Waals surface area contributed by atoms with Crippen LogP contribution in [0.5, 0.6) is 11.5 Å². The maximum absolute atomic E-state index is 10.7. The number of hydrogen-bond donors (Lipinski definition) is 0. The Morgan fingerprint density at radius 1 is 0.955 bits per heavy atom. The van der Waals surface area contributed by atoms with Crippen molar-refractivity contribution in [1.29, 1.82) is 0 Å². The summed E-state index contributed by atoms with van der Waals surface area (Å²) in [5, 5.41) is 21.4. The molecule has 2 rings (SSSR count). The lowest BCUT2D eigenvalue weighted by molar-refractivity contribution is -0.385. The third-order valence-corrected chi connectivity index (χ3v) is 2.87. The topological polar surface area (TPSA) is 105 Å². The third kappa shape index (κ3) is 3.48. The summed E-state index contributed by atoms with van der Waals surface area (Å²) in [5.74, 6) is 0.541. The lowest BCUT2D eigenvalue weighted by Gasteiger charge is -2.10. The number of nitro benzene ring substituents is 2. The number of nitrogens with zero attached hydrogens (tertiary/aromatic N) is 2. The van der Waals surface area contributed by atoms with Crippen LogP contribution >= 0.6 is 0 Å². The Labute approximate surface area is 125 Å². The van der Waals surface area contributed by atoms with Crippen LogP contribution in [0.25, 0.3) is 0 Å². The van der Waals surface area contributed by atoms with Crippen molar-refractivity contribution in [3.05, 3.63) is 68.3 Å². The van der Waals surface area contributed by atoms with Crippen LogP contribution in [0, 0.1) is 20.2 Å². The molecule has 0 aliphatic carbocycles. The molecule has 114 valence electrons. The number of benzene rings is 2. The minimum absolute atomic E-state index is 0.0308. The van der Waals surface area contributed by atoms with Crippen LogP contribution in [0.1, 0.15) is 5.56 Å². The quantitative estimate of drug-likeness (QED) is 0.599. The van der Waals surface area contributed by atoms with Gasteiger partial charge in [0.15, 0.2) is 11.5 Å². The highest BCUT2D eigenvalue weighted by Gasteiger charge is 2.13. The van der Waals surface area contributed by atoms with Crippen molar-refractivity contribution in [2.75, 3.05) is 7.11 Å². The van der Waals surface area contributed by atoms with Crippen LogP contribution in [0.3, 0.4) is 0 Å². The zero-order chi connectivity index (χ0) is 16.1. The zero-order valence-corrected chi connectivity index (χ0v) is 11.6. The minimum Gasteiger partial charge on any atom is -0.493 e. The van der Waals surface area contributed by atoms with E-state index in [4.69, 9.17) is 9.47 Å². The van der Waals surface area contributed by atoms with E-state index in [1.54, 1.807) is 12.1 Å². The van der Waals surface area contributed by atoms with E-state index < -0.39 is 9.85 Å². The summed E-state index contributed by atoms with van der Waals surface area (Å²) in [4.78, 5) is 20.4. The lowest BCUT2D eigenvalue weighted by atomic mass is 10.2. The number of non-ortho nitro benzene ring substituents is 2. The van der Waals surface area contributed by atoms with E-state index >= 15 is 0 Å². The molecule has 0 aliphatic heterocycles. The molecule has 0 aliphatic rings. The van der Waals surface area contributed by atoms with Gasteiger partial charge in [0.2, 0.25) is 0 Å². The number of rotatable bonds is 6. The van der Waals surface area contributed by atoms with E-state index in [2.05, 4.69) is 0 Å². The first-order valence-electron chi connectivity index (χ1n) is 6.20. The maximum atomic E-state index is 10.7. The van der Waals surface area contributed by atoms with Crippen molar-refractivity contribution in [3.8, 4) is 11.5 Å². The molecule has 0 fully saturated rings. The molecule has 0 atom stereocenters. The highest BCUT2D eigenvalue weighted by Crippen LogP contribution is 2.31. The van der Waals surface area contributed by atoms with Gasteiger partial charge < -0.3 is 9.47 Å². The number of methoxy groups -OCH3 is 1. The second-order valence-electron chi connectivity index (χ2n) is 4.31. The normalized spacial score (nSPS) is 10.0. The first-order chi connectivity index (χ1) is 10.5. The van der Waals surface area contributed by atoms with Gasteiger partial charge in [0.1, 0.15) is 6.61 Å². The van der Waals surface area contributed by atoms with Crippen LogP contribution in [-0.2, 0) is 6.61 Å². The molecule has 0 amide bonds. The van der Waals surface area contributed by atoms with Crippen LogP contribution in [0.2, 0.25) is 0 Å². The van der Waals surface area contributed by atoms with Crippen molar-refractivity contribution in [1.82, 2.24) is 0 Å². The average Bonchev–Trinajstić information content (AvgIpc) is 2.52. The SMILES string of the molecule is COc1cc([N+](=O)[O-])ccc1OCc1cccc([N+](=O)[O-])c1. The van der Waals surface area contributed by atoms with Crippen LogP contribution in [0.15, 0.2) is 42.5 Å². The van der Waals surface area contributed by atoms with E-state index in [-0.39, 0.29) is 23.7 Å². The largest absolute Gasteiger partial charge is 0.493 e. The van der Waals surface area contributed by atoms with Gasteiger partial charge in [-0.05, 0) is 11.6 Å². The molecule has 0 heterocycles. The second-order valence-corrected chi connectivity index (χ2v) is 4.31. The molecule has 0 aromatic heterocycles. The molecular formula is C14H12N2O6. The molecule has 0 N–H and O–H groups in total.